The summed E-state index contributed by atoms with van der Waals surface area (Å²) in [5.74, 6) is 0.709. The molecule has 0 saturated heterocycles. The van der Waals surface area contributed by atoms with Crippen molar-refractivity contribution in [3.05, 3.63) is 42.1 Å². The van der Waals surface area contributed by atoms with Crippen molar-refractivity contribution in [2.45, 2.75) is 33.1 Å². The van der Waals surface area contributed by atoms with Crippen LogP contribution in [0, 0.1) is 0 Å². The summed E-state index contributed by atoms with van der Waals surface area (Å²) in [5, 5.41) is 3.22. The second-order valence-corrected chi connectivity index (χ2v) is 4.64. The molecule has 1 heterocycles. The third kappa shape index (κ3) is 3.78. The van der Waals surface area contributed by atoms with Gasteiger partial charge in [0, 0.05) is 18.3 Å². The zero-order valence-corrected chi connectivity index (χ0v) is 11.7. The number of aromatic nitrogens is 2. The van der Waals surface area contributed by atoms with Gasteiger partial charge in [0.25, 0.3) is 0 Å². The summed E-state index contributed by atoms with van der Waals surface area (Å²) in [4.78, 5) is 8.80. The Bertz CT molecular complexity index is 523. The topological polar surface area (TPSA) is 37.8 Å². The van der Waals surface area contributed by atoms with E-state index in [-0.39, 0.29) is 0 Å². The molecular formula is C16H21N3. The van der Waals surface area contributed by atoms with E-state index in [9.17, 15) is 0 Å². The standard InChI is InChI=1S/C16H21N3/c1-3-6-13-7-5-8-14(12-13)15-9-11-18-16(19-15)17-10-4-2/h5,7-9,11-12H,3-4,6,10H2,1-2H3,(H,17,18,19). The second kappa shape index (κ2) is 6.88. The lowest BCUT2D eigenvalue weighted by Gasteiger charge is -2.07. The van der Waals surface area contributed by atoms with E-state index in [1.807, 2.05) is 12.3 Å². The monoisotopic (exact) mass is 255 g/mol. The molecule has 0 atom stereocenters. The summed E-state index contributed by atoms with van der Waals surface area (Å²) in [7, 11) is 0. The van der Waals surface area contributed by atoms with E-state index in [2.05, 4.69) is 53.4 Å². The predicted molar refractivity (Wildman–Crippen MR) is 80.2 cm³/mol. The van der Waals surface area contributed by atoms with Gasteiger partial charge in [-0.15, -0.1) is 0 Å². The molecule has 0 bridgehead atoms. The van der Waals surface area contributed by atoms with Crippen LogP contribution in [-0.2, 0) is 6.42 Å². The molecule has 2 rings (SSSR count). The Morgan fingerprint density at radius 2 is 2.00 bits per heavy atom. The smallest absolute Gasteiger partial charge is 0.223 e. The Balaban J connectivity index is 2.23. The normalized spacial score (nSPS) is 10.4. The van der Waals surface area contributed by atoms with Crippen LogP contribution in [0.1, 0.15) is 32.3 Å². The number of nitrogens with zero attached hydrogens (tertiary/aromatic N) is 2. The van der Waals surface area contributed by atoms with Crippen LogP contribution in [0.25, 0.3) is 11.3 Å². The van der Waals surface area contributed by atoms with Gasteiger partial charge in [-0.25, -0.2) is 9.97 Å². The van der Waals surface area contributed by atoms with Crippen molar-refractivity contribution in [2.75, 3.05) is 11.9 Å². The van der Waals surface area contributed by atoms with Gasteiger partial charge in [-0.3, -0.25) is 0 Å². The fourth-order valence-electron chi connectivity index (χ4n) is 2.02. The fourth-order valence-corrected chi connectivity index (χ4v) is 2.02. The van der Waals surface area contributed by atoms with Crippen molar-refractivity contribution in [1.29, 1.82) is 0 Å². The number of hydrogen-bond donors (Lipinski definition) is 1. The van der Waals surface area contributed by atoms with E-state index >= 15 is 0 Å². The molecule has 1 aromatic carbocycles. The maximum absolute atomic E-state index is 4.56. The minimum Gasteiger partial charge on any atom is -0.354 e. The van der Waals surface area contributed by atoms with Crippen LogP contribution >= 0.6 is 0 Å². The second-order valence-electron chi connectivity index (χ2n) is 4.64. The van der Waals surface area contributed by atoms with E-state index in [0.29, 0.717) is 5.95 Å². The Kier molecular flexibility index (Phi) is 4.90. The predicted octanol–water partition coefficient (Wildman–Crippen LogP) is 3.92. The molecule has 3 heteroatoms. The highest BCUT2D eigenvalue weighted by molar-refractivity contribution is 5.60. The molecular weight excluding hydrogens is 234 g/mol. The van der Waals surface area contributed by atoms with Crippen LogP contribution in [0.3, 0.4) is 0 Å². The van der Waals surface area contributed by atoms with Gasteiger partial charge in [0.1, 0.15) is 0 Å². The van der Waals surface area contributed by atoms with Crippen molar-refractivity contribution in [1.82, 2.24) is 9.97 Å². The summed E-state index contributed by atoms with van der Waals surface area (Å²) >= 11 is 0. The van der Waals surface area contributed by atoms with Gasteiger partial charge in [0.2, 0.25) is 5.95 Å². The van der Waals surface area contributed by atoms with Crippen molar-refractivity contribution in [3.63, 3.8) is 0 Å². The molecule has 100 valence electrons. The maximum atomic E-state index is 4.56. The quantitative estimate of drug-likeness (QED) is 0.850. The molecule has 19 heavy (non-hydrogen) atoms. The Labute approximate surface area is 115 Å². The third-order valence-corrected chi connectivity index (χ3v) is 2.95. The Morgan fingerprint density at radius 3 is 2.79 bits per heavy atom. The number of benzene rings is 1. The van der Waals surface area contributed by atoms with Crippen molar-refractivity contribution in [3.8, 4) is 11.3 Å². The molecule has 0 aliphatic rings. The van der Waals surface area contributed by atoms with Crippen LogP contribution in [0.15, 0.2) is 36.5 Å². The van der Waals surface area contributed by atoms with Crippen molar-refractivity contribution in [2.24, 2.45) is 0 Å². The Hall–Kier alpha value is -1.90. The SMILES string of the molecule is CCCNc1nccc(-c2cccc(CCC)c2)n1. The van der Waals surface area contributed by atoms with Gasteiger partial charge in [-0.1, -0.05) is 38.5 Å². The van der Waals surface area contributed by atoms with Gasteiger partial charge >= 0.3 is 0 Å². The van der Waals surface area contributed by atoms with Gasteiger partial charge < -0.3 is 5.32 Å². The average Bonchev–Trinajstić information content (AvgIpc) is 2.46. The molecule has 0 saturated carbocycles. The van der Waals surface area contributed by atoms with Gasteiger partial charge in [0.05, 0.1) is 5.69 Å². The lowest BCUT2D eigenvalue weighted by molar-refractivity contribution is 0.922. The first-order valence-corrected chi connectivity index (χ1v) is 6.99. The zero-order valence-electron chi connectivity index (χ0n) is 11.7. The summed E-state index contributed by atoms with van der Waals surface area (Å²) in [6.45, 7) is 5.23. The molecule has 0 unspecified atom stereocenters. The minimum atomic E-state index is 0.709. The van der Waals surface area contributed by atoms with E-state index in [1.165, 1.54) is 5.56 Å². The molecule has 0 amide bonds. The highest BCUT2D eigenvalue weighted by Gasteiger charge is 2.02. The summed E-state index contributed by atoms with van der Waals surface area (Å²) in [6, 6.07) is 10.6. The lowest BCUT2D eigenvalue weighted by atomic mass is 10.0. The zero-order chi connectivity index (χ0) is 13.5. The van der Waals surface area contributed by atoms with E-state index in [4.69, 9.17) is 0 Å². The maximum Gasteiger partial charge on any atom is 0.223 e. The first-order valence-electron chi connectivity index (χ1n) is 6.99. The molecule has 3 nitrogen and oxygen atoms in total. The highest BCUT2D eigenvalue weighted by atomic mass is 15.1. The first-order chi connectivity index (χ1) is 9.33. The lowest BCUT2D eigenvalue weighted by Crippen LogP contribution is -2.04. The number of aryl methyl sites for hydroxylation is 1. The molecule has 0 spiro atoms. The van der Waals surface area contributed by atoms with Gasteiger partial charge in [-0.2, -0.15) is 0 Å². The van der Waals surface area contributed by atoms with E-state index < -0.39 is 0 Å². The molecule has 2 aromatic rings. The van der Waals surface area contributed by atoms with Crippen LogP contribution < -0.4 is 5.32 Å². The number of hydrogen-bond acceptors (Lipinski definition) is 3. The van der Waals surface area contributed by atoms with Crippen molar-refractivity contribution < 1.29 is 0 Å². The Morgan fingerprint density at radius 1 is 1.11 bits per heavy atom. The van der Waals surface area contributed by atoms with Crippen LogP contribution in [-0.4, -0.2) is 16.5 Å². The number of rotatable bonds is 6. The minimum absolute atomic E-state index is 0.709. The number of nitrogens with one attached hydrogen (secondary N) is 1. The molecule has 0 radical (unpaired) electrons. The van der Waals surface area contributed by atoms with Gasteiger partial charge in [0.15, 0.2) is 0 Å². The summed E-state index contributed by atoms with van der Waals surface area (Å²) in [5.41, 5.74) is 3.50. The summed E-state index contributed by atoms with van der Waals surface area (Å²) in [6.07, 6.45) is 5.16. The van der Waals surface area contributed by atoms with Crippen LogP contribution in [0.2, 0.25) is 0 Å². The van der Waals surface area contributed by atoms with Gasteiger partial charge in [-0.05, 0) is 30.5 Å². The molecule has 0 aliphatic heterocycles. The van der Waals surface area contributed by atoms with E-state index in [0.717, 1.165) is 37.1 Å². The molecule has 0 aliphatic carbocycles. The van der Waals surface area contributed by atoms with E-state index in [1.54, 1.807) is 0 Å². The van der Waals surface area contributed by atoms with Crippen LogP contribution in [0.4, 0.5) is 5.95 Å². The highest BCUT2D eigenvalue weighted by Crippen LogP contribution is 2.19. The molecule has 1 N–H and O–H groups in total. The molecule has 1 aromatic heterocycles. The summed E-state index contributed by atoms with van der Waals surface area (Å²) < 4.78 is 0. The third-order valence-electron chi connectivity index (χ3n) is 2.95. The molecule has 0 fully saturated rings. The van der Waals surface area contributed by atoms with Crippen molar-refractivity contribution >= 4 is 5.95 Å². The average molecular weight is 255 g/mol. The van der Waals surface area contributed by atoms with Crippen LogP contribution in [0.5, 0.6) is 0 Å². The largest absolute Gasteiger partial charge is 0.354 e. The fraction of sp³-hybridized carbons (Fsp3) is 0.375. The number of anilines is 1. The first kappa shape index (κ1) is 13.5.